The summed E-state index contributed by atoms with van der Waals surface area (Å²) in [4.78, 5) is 4.04. The predicted octanol–water partition coefficient (Wildman–Crippen LogP) is 4.93. The maximum absolute atomic E-state index is 12.0. The van der Waals surface area contributed by atoms with Crippen molar-refractivity contribution in [3.63, 3.8) is 0 Å². The highest BCUT2D eigenvalue weighted by Gasteiger charge is 2.08. The van der Waals surface area contributed by atoms with Gasteiger partial charge in [0.15, 0.2) is 0 Å². The topological polar surface area (TPSA) is 31.4 Å². The second-order valence-electron chi connectivity index (χ2n) is 3.71. The molecule has 20 heavy (non-hydrogen) atoms. The van der Waals surface area contributed by atoms with E-state index in [2.05, 4.69) is 20.9 Å². The molecule has 0 aliphatic heterocycles. The van der Waals surface area contributed by atoms with Crippen molar-refractivity contribution in [2.24, 2.45) is 0 Å². The van der Waals surface area contributed by atoms with Crippen molar-refractivity contribution in [2.75, 3.05) is 6.61 Å². The Morgan fingerprint density at radius 3 is 2.65 bits per heavy atom. The largest absolute Gasteiger partial charge is 0.488 e. The van der Waals surface area contributed by atoms with Crippen LogP contribution in [0.5, 0.6) is 17.4 Å². The first-order valence-corrected chi connectivity index (χ1v) is 6.71. The van der Waals surface area contributed by atoms with Gasteiger partial charge in [-0.25, -0.2) is 13.8 Å². The molecule has 0 saturated heterocycles. The van der Waals surface area contributed by atoms with Gasteiger partial charge in [-0.2, -0.15) is 0 Å². The fourth-order valence-corrected chi connectivity index (χ4v) is 1.79. The van der Waals surface area contributed by atoms with Gasteiger partial charge in [0.2, 0.25) is 5.88 Å². The van der Waals surface area contributed by atoms with Crippen molar-refractivity contribution in [2.45, 2.75) is 6.43 Å². The maximum Gasteiger partial charge on any atom is 0.272 e. The number of pyridine rings is 1. The Bertz CT molecular complexity index is 581. The van der Waals surface area contributed by atoms with Crippen LogP contribution < -0.4 is 9.47 Å². The van der Waals surface area contributed by atoms with Gasteiger partial charge in [-0.05, 0) is 34.1 Å². The minimum atomic E-state index is -2.53. The van der Waals surface area contributed by atoms with E-state index in [9.17, 15) is 8.78 Å². The van der Waals surface area contributed by atoms with E-state index in [4.69, 9.17) is 21.1 Å². The van der Waals surface area contributed by atoms with Crippen LogP contribution in [-0.4, -0.2) is 18.0 Å². The van der Waals surface area contributed by atoms with Gasteiger partial charge in [-0.3, -0.25) is 0 Å². The average molecular weight is 365 g/mol. The SMILES string of the molecule is FC(F)COc1ccc(Oc2ccc(Br)cn2)c(Cl)c1. The Hall–Kier alpha value is -1.40. The predicted molar refractivity (Wildman–Crippen MR) is 75.0 cm³/mol. The zero-order valence-corrected chi connectivity index (χ0v) is 12.4. The summed E-state index contributed by atoms with van der Waals surface area (Å²) in [5.41, 5.74) is 0. The van der Waals surface area contributed by atoms with Crippen molar-refractivity contribution in [3.8, 4) is 17.4 Å². The smallest absolute Gasteiger partial charge is 0.272 e. The van der Waals surface area contributed by atoms with E-state index in [0.29, 0.717) is 11.6 Å². The molecular formula is C13H9BrClF2NO2. The third-order valence-corrected chi connectivity index (χ3v) is 2.96. The van der Waals surface area contributed by atoms with Crippen molar-refractivity contribution in [1.29, 1.82) is 0 Å². The number of alkyl halides is 2. The summed E-state index contributed by atoms with van der Waals surface area (Å²) in [6.45, 7) is -0.676. The summed E-state index contributed by atoms with van der Waals surface area (Å²) in [6, 6.07) is 7.89. The molecule has 0 aliphatic carbocycles. The van der Waals surface area contributed by atoms with Gasteiger partial charge in [-0.1, -0.05) is 11.6 Å². The van der Waals surface area contributed by atoms with E-state index in [-0.39, 0.29) is 10.8 Å². The molecule has 0 bridgehead atoms. The molecule has 7 heteroatoms. The van der Waals surface area contributed by atoms with Crippen LogP contribution >= 0.6 is 27.5 Å². The number of hydrogen-bond acceptors (Lipinski definition) is 3. The highest BCUT2D eigenvalue weighted by Crippen LogP contribution is 2.32. The van der Waals surface area contributed by atoms with Crippen LogP contribution in [0.2, 0.25) is 5.02 Å². The number of hydrogen-bond donors (Lipinski definition) is 0. The van der Waals surface area contributed by atoms with Gasteiger partial charge < -0.3 is 9.47 Å². The van der Waals surface area contributed by atoms with Gasteiger partial charge in [-0.15, -0.1) is 0 Å². The van der Waals surface area contributed by atoms with E-state index in [1.165, 1.54) is 18.2 Å². The minimum absolute atomic E-state index is 0.251. The average Bonchev–Trinajstić information content (AvgIpc) is 2.41. The fourth-order valence-electron chi connectivity index (χ4n) is 1.35. The summed E-state index contributed by atoms with van der Waals surface area (Å²) >= 11 is 9.26. The van der Waals surface area contributed by atoms with Gasteiger partial charge >= 0.3 is 0 Å². The minimum Gasteiger partial charge on any atom is -0.488 e. The molecule has 0 spiro atoms. The number of benzene rings is 1. The van der Waals surface area contributed by atoms with E-state index >= 15 is 0 Å². The summed E-state index contributed by atoms with van der Waals surface area (Å²) < 4.78 is 35.2. The summed E-state index contributed by atoms with van der Waals surface area (Å²) in [6.07, 6.45) is -0.944. The first kappa shape index (κ1) is 15.0. The van der Waals surface area contributed by atoms with Gasteiger partial charge in [0.25, 0.3) is 6.43 Å². The molecule has 1 aromatic heterocycles. The second kappa shape index (κ2) is 6.85. The third kappa shape index (κ3) is 4.31. The molecule has 0 unspecified atom stereocenters. The van der Waals surface area contributed by atoms with Crippen LogP contribution in [0.1, 0.15) is 0 Å². The van der Waals surface area contributed by atoms with E-state index in [0.717, 1.165) is 4.47 Å². The number of aromatic nitrogens is 1. The van der Waals surface area contributed by atoms with Crippen LogP contribution in [-0.2, 0) is 0 Å². The van der Waals surface area contributed by atoms with Crippen LogP contribution in [0.3, 0.4) is 0 Å². The molecule has 0 atom stereocenters. The van der Waals surface area contributed by atoms with Crippen molar-refractivity contribution in [3.05, 3.63) is 46.0 Å². The van der Waals surface area contributed by atoms with Crippen LogP contribution in [0.25, 0.3) is 0 Å². The van der Waals surface area contributed by atoms with E-state index < -0.39 is 13.0 Å². The monoisotopic (exact) mass is 363 g/mol. The highest BCUT2D eigenvalue weighted by atomic mass is 79.9. The summed E-state index contributed by atoms with van der Waals surface area (Å²) in [5.74, 6) is 0.994. The molecule has 1 aromatic carbocycles. The Labute approximate surface area is 127 Å². The molecule has 0 amide bonds. The molecule has 0 radical (unpaired) electrons. The molecular weight excluding hydrogens is 356 g/mol. The Morgan fingerprint density at radius 2 is 2.05 bits per heavy atom. The number of rotatable bonds is 5. The number of nitrogens with zero attached hydrogens (tertiary/aromatic N) is 1. The molecule has 0 aliphatic rings. The number of halogens is 4. The van der Waals surface area contributed by atoms with Gasteiger partial charge in [0, 0.05) is 22.8 Å². The van der Waals surface area contributed by atoms with Gasteiger partial charge in [0.05, 0.1) is 5.02 Å². The molecule has 3 nitrogen and oxygen atoms in total. The van der Waals surface area contributed by atoms with E-state index in [1.807, 2.05) is 0 Å². The lowest BCUT2D eigenvalue weighted by atomic mass is 10.3. The number of ether oxygens (including phenoxy) is 2. The Kier molecular flexibility index (Phi) is 5.14. The molecule has 0 saturated carbocycles. The van der Waals surface area contributed by atoms with Crippen LogP contribution in [0.15, 0.2) is 41.0 Å². The van der Waals surface area contributed by atoms with E-state index in [1.54, 1.807) is 18.3 Å². The van der Waals surface area contributed by atoms with Crippen molar-refractivity contribution >= 4 is 27.5 Å². The van der Waals surface area contributed by atoms with Gasteiger partial charge in [0.1, 0.15) is 18.1 Å². The summed E-state index contributed by atoms with van der Waals surface area (Å²) in [7, 11) is 0. The standard InChI is InChI=1S/C13H9BrClF2NO2/c14-8-1-4-13(18-6-8)20-11-3-2-9(5-10(11)15)19-7-12(16)17/h1-6,12H,7H2. The Morgan fingerprint density at radius 1 is 1.25 bits per heavy atom. The zero-order chi connectivity index (χ0) is 14.5. The van der Waals surface area contributed by atoms with Crippen molar-refractivity contribution < 1.29 is 18.3 Å². The molecule has 1 heterocycles. The second-order valence-corrected chi connectivity index (χ2v) is 5.03. The fraction of sp³-hybridized carbons (Fsp3) is 0.154. The highest BCUT2D eigenvalue weighted by molar-refractivity contribution is 9.10. The summed E-state index contributed by atoms with van der Waals surface area (Å²) in [5, 5.41) is 0.251. The molecule has 2 rings (SSSR count). The lowest BCUT2D eigenvalue weighted by Crippen LogP contribution is -2.06. The molecule has 106 valence electrons. The first-order valence-electron chi connectivity index (χ1n) is 5.54. The molecule has 0 N–H and O–H groups in total. The third-order valence-electron chi connectivity index (χ3n) is 2.19. The quantitative estimate of drug-likeness (QED) is 0.753. The van der Waals surface area contributed by atoms with Crippen LogP contribution in [0.4, 0.5) is 8.78 Å². The Balaban J connectivity index is 2.07. The lowest BCUT2D eigenvalue weighted by Gasteiger charge is -2.09. The maximum atomic E-state index is 12.0. The zero-order valence-electron chi connectivity index (χ0n) is 10.0. The lowest BCUT2D eigenvalue weighted by molar-refractivity contribution is 0.0819. The molecule has 2 aromatic rings. The first-order chi connectivity index (χ1) is 9.54. The van der Waals surface area contributed by atoms with Crippen LogP contribution in [0, 0.1) is 0 Å². The molecule has 0 fully saturated rings. The van der Waals surface area contributed by atoms with Crippen molar-refractivity contribution in [1.82, 2.24) is 4.98 Å². The normalized spacial score (nSPS) is 10.7.